The number of aromatic nitrogens is 1. The first-order chi connectivity index (χ1) is 17.3. The average molecular weight is 496 g/mol. The van der Waals surface area contributed by atoms with Gasteiger partial charge in [-0.3, -0.25) is 4.79 Å². The molecule has 3 atom stereocenters. The van der Waals surface area contributed by atoms with Crippen LogP contribution in [0.15, 0.2) is 30.5 Å². The summed E-state index contributed by atoms with van der Waals surface area (Å²) in [5.41, 5.74) is 1.68. The molecule has 1 aromatic carbocycles. The smallest absolute Gasteiger partial charge is 0.259 e. The molecule has 0 saturated carbocycles. The summed E-state index contributed by atoms with van der Waals surface area (Å²) in [4.78, 5) is 22.0. The molecule has 3 rings (SSSR count). The average Bonchev–Trinajstić information content (AvgIpc) is 2.89. The van der Waals surface area contributed by atoms with Gasteiger partial charge >= 0.3 is 0 Å². The number of carbonyl (C=O) groups is 1. The van der Waals surface area contributed by atoms with Gasteiger partial charge in [0.1, 0.15) is 11.7 Å². The first-order valence-corrected chi connectivity index (χ1v) is 12.3. The minimum absolute atomic E-state index is 0.0572. The summed E-state index contributed by atoms with van der Waals surface area (Å²) in [6, 6.07) is 6.82. The Morgan fingerprint density at radius 1 is 1.22 bits per heavy atom. The van der Waals surface area contributed by atoms with Crippen LogP contribution in [0.3, 0.4) is 0 Å². The summed E-state index contributed by atoms with van der Waals surface area (Å²) in [5, 5.41) is 9.84. The number of methoxy groups -OCH3 is 2. The molecule has 8 heteroatoms. The Labute approximate surface area is 214 Å². The zero-order chi connectivity index (χ0) is 26.2. The molecule has 1 aliphatic heterocycles. The number of benzene rings is 1. The van der Waals surface area contributed by atoms with E-state index in [1.54, 1.807) is 43.5 Å². The molecule has 0 aliphatic carbocycles. The van der Waals surface area contributed by atoms with E-state index in [0.29, 0.717) is 41.6 Å². The highest BCUT2D eigenvalue weighted by atomic mass is 16.5. The first kappa shape index (κ1) is 27.3. The number of pyridine rings is 1. The predicted molar refractivity (Wildman–Crippen MR) is 139 cm³/mol. The molecule has 1 aromatic heterocycles. The highest BCUT2D eigenvalue weighted by Gasteiger charge is 2.34. The highest BCUT2D eigenvalue weighted by Crippen LogP contribution is 2.28. The highest BCUT2D eigenvalue weighted by molar-refractivity contribution is 5.97. The normalized spacial score (nSPS) is 18.3. The number of nitrogens with zero attached hydrogens (tertiary/aromatic N) is 3. The summed E-state index contributed by atoms with van der Waals surface area (Å²) in [6.07, 6.45) is 2.51. The van der Waals surface area contributed by atoms with Gasteiger partial charge in [0, 0.05) is 36.3 Å². The van der Waals surface area contributed by atoms with Crippen LogP contribution in [0, 0.1) is 17.8 Å². The quantitative estimate of drug-likeness (QED) is 0.564. The maximum absolute atomic E-state index is 13.6. The van der Waals surface area contributed by atoms with Crippen LogP contribution < -0.4 is 14.2 Å². The van der Waals surface area contributed by atoms with Gasteiger partial charge in [-0.2, -0.15) is 0 Å². The Bertz CT molecular complexity index is 1110. The van der Waals surface area contributed by atoms with Crippen molar-refractivity contribution in [1.82, 2.24) is 14.8 Å². The number of likely N-dealkylation sites (N-methyl/N-ethyl adjacent to an activating group) is 1. The Morgan fingerprint density at radius 3 is 2.61 bits per heavy atom. The van der Waals surface area contributed by atoms with E-state index in [9.17, 15) is 9.90 Å². The maximum atomic E-state index is 13.6. The lowest BCUT2D eigenvalue weighted by Crippen LogP contribution is -2.50. The Morgan fingerprint density at radius 2 is 1.94 bits per heavy atom. The summed E-state index contributed by atoms with van der Waals surface area (Å²) in [7, 11) is 5.23. The van der Waals surface area contributed by atoms with E-state index < -0.39 is 0 Å². The fraction of sp³-hybridized carbons (Fsp3) is 0.500. The topological polar surface area (TPSA) is 84.4 Å². The summed E-state index contributed by atoms with van der Waals surface area (Å²) in [5.74, 6) is 7.54. The van der Waals surface area contributed by atoms with Crippen molar-refractivity contribution in [2.24, 2.45) is 5.92 Å². The monoisotopic (exact) mass is 495 g/mol. The Kier molecular flexibility index (Phi) is 9.57. The minimum atomic E-state index is -0.332. The number of fused-ring (bicyclic) bond motifs is 1. The fourth-order valence-corrected chi connectivity index (χ4v) is 4.23. The van der Waals surface area contributed by atoms with Gasteiger partial charge < -0.3 is 29.1 Å². The van der Waals surface area contributed by atoms with E-state index in [1.165, 1.54) is 0 Å². The van der Waals surface area contributed by atoms with Gasteiger partial charge in [0.2, 0.25) is 5.88 Å². The van der Waals surface area contributed by atoms with E-state index in [0.717, 1.165) is 18.5 Å². The van der Waals surface area contributed by atoms with E-state index in [-0.39, 0.29) is 30.6 Å². The van der Waals surface area contributed by atoms with Crippen LogP contribution in [0.4, 0.5) is 0 Å². The Balaban J connectivity index is 1.97. The SMILES string of the molecule is CCCN(C)C[C@@H]1Oc2ncc(C#Cc3ccc(OC)c(OC)c3)cc2C(=O)N([C@H](C)CO)C[C@@H]1C. The number of hydrogen-bond acceptors (Lipinski definition) is 7. The third-order valence-corrected chi connectivity index (χ3v) is 6.35. The van der Waals surface area contributed by atoms with Gasteiger partial charge in [-0.05, 0) is 51.2 Å². The van der Waals surface area contributed by atoms with Crippen molar-refractivity contribution in [3.8, 4) is 29.2 Å². The summed E-state index contributed by atoms with van der Waals surface area (Å²) in [6.45, 7) is 8.08. The molecule has 0 bridgehead atoms. The molecule has 0 saturated heterocycles. The van der Waals surface area contributed by atoms with Crippen molar-refractivity contribution in [2.75, 3.05) is 47.5 Å². The molecule has 0 fully saturated rings. The summed E-state index contributed by atoms with van der Waals surface area (Å²) >= 11 is 0. The number of aliphatic hydroxyl groups excluding tert-OH is 1. The number of hydrogen-bond donors (Lipinski definition) is 1. The zero-order valence-electron chi connectivity index (χ0n) is 22.1. The molecule has 0 spiro atoms. The molecule has 0 unspecified atom stereocenters. The van der Waals surface area contributed by atoms with Gasteiger partial charge in [0.25, 0.3) is 5.91 Å². The standard InChI is InChI=1S/C28H37N3O5/c1-7-12-30(4)17-26-19(2)16-31(20(3)18-32)28(33)23-13-22(15-29-27(23)36-26)9-8-21-10-11-24(34-5)25(14-21)35-6/h10-11,13-15,19-20,26,32H,7,12,16-18H2,1-6H3/t19-,20+,26-/m0/s1. The number of carbonyl (C=O) groups excluding carboxylic acids is 1. The van der Waals surface area contributed by atoms with Gasteiger partial charge in [0.05, 0.1) is 26.9 Å². The molecule has 0 radical (unpaired) electrons. The Hall–Kier alpha value is -3.28. The number of ether oxygens (including phenoxy) is 3. The molecule has 2 heterocycles. The largest absolute Gasteiger partial charge is 0.493 e. The molecule has 1 N–H and O–H groups in total. The zero-order valence-corrected chi connectivity index (χ0v) is 22.1. The lowest BCUT2D eigenvalue weighted by atomic mass is 10.00. The van der Waals surface area contributed by atoms with Gasteiger partial charge in [0.15, 0.2) is 11.5 Å². The second kappa shape index (κ2) is 12.6. The minimum Gasteiger partial charge on any atom is -0.493 e. The lowest BCUT2D eigenvalue weighted by molar-refractivity contribution is 0.0331. The molecule has 36 heavy (non-hydrogen) atoms. The molecule has 1 amide bonds. The summed E-state index contributed by atoms with van der Waals surface area (Å²) < 4.78 is 17.0. The fourth-order valence-electron chi connectivity index (χ4n) is 4.23. The van der Waals surface area contributed by atoms with Crippen LogP contribution in [0.25, 0.3) is 0 Å². The second-order valence-electron chi connectivity index (χ2n) is 9.28. The first-order valence-electron chi connectivity index (χ1n) is 12.3. The molecule has 1 aliphatic rings. The number of amides is 1. The van der Waals surface area contributed by atoms with Crippen LogP contribution >= 0.6 is 0 Å². The molecule has 2 aromatic rings. The molecule has 194 valence electrons. The van der Waals surface area contributed by atoms with Gasteiger partial charge in [-0.25, -0.2) is 4.98 Å². The van der Waals surface area contributed by atoms with Crippen molar-refractivity contribution in [3.05, 3.63) is 47.2 Å². The van der Waals surface area contributed by atoms with Gasteiger partial charge in [-0.15, -0.1) is 0 Å². The van der Waals surface area contributed by atoms with E-state index in [2.05, 4.69) is 42.6 Å². The van der Waals surface area contributed by atoms with Crippen LogP contribution in [-0.4, -0.2) is 85.5 Å². The van der Waals surface area contributed by atoms with Crippen LogP contribution in [-0.2, 0) is 0 Å². The van der Waals surface area contributed by atoms with Crippen molar-refractivity contribution < 1.29 is 24.1 Å². The van der Waals surface area contributed by atoms with E-state index in [1.807, 2.05) is 13.0 Å². The second-order valence-corrected chi connectivity index (χ2v) is 9.28. The number of rotatable bonds is 8. The van der Waals surface area contributed by atoms with Crippen LogP contribution in [0.1, 0.15) is 48.7 Å². The third kappa shape index (κ3) is 6.48. The molecular formula is C28H37N3O5. The van der Waals surface area contributed by atoms with Crippen molar-refractivity contribution in [1.29, 1.82) is 0 Å². The van der Waals surface area contributed by atoms with E-state index in [4.69, 9.17) is 14.2 Å². The molecule has 8 nitrogen and oxygen atoms in total. The van der Waals surface area contributed by atoms with Crippen LogP contribution in [0.2, 0.25) is 0 Å². The van der Waals surface area contributed by atoms with Crippen LogP contribution in [0.5, 0.6) is 17.4 Å². The predicted octanol–water partition coefficient (Wildman–Crippen LogP) is 3.06. The van der Waals surface area contributed by atoms with Gasteiger partial charge in [-0.1, -0.05) is 25.7 Å². The number of aliphatic hydroxyl groups is 1. The third-order valence-electron chi connectivity index (χ3n) is 6.35. The van der Waals surface area contributed by atoms with E-state index >= 15 is 0 Å². The van der Waals surface area contributed by atoms with Crippen molar-refractivity contribution in [3.63, 3.8) is 0 Å². The van der Waals surface area contributed by atoms with Crippen molar-refractivity contribution in [2.45, 2.75) is 39.3 Å². The maximum Gasteiger partial charge on any atom is 0.259 e. The van der Waals surface area contributed by atoms with Crippen molar-refractivity contribution >= 4 is 5.91 Å². The lowest BCUT2D eigenvalue weighted by Gasteiger charge is -2.37. The molecular weight excluding hydrogens is 458 g/mol.